The van der Waals surface area contributed by atoms with Crippen molar-refractivity contribution in [3.8, 4) is 0 Å². The third kappa shape index (κ3) is 6.59. The van der Waals surface area contributed by atoms with E-state index in [1.165, 1.54) is 12.7 Å². The first-order valence-electron chi connectivity index (χ1n) is 6.47. The number of hydrogen-bond acceptors (Lipinski definition) is 5. The van der Waals surface area contributed by atoms with E-state index in [2.05, 4.69) is 35.0 Å². The van der Waals surface area contributed by atoms with Gasteiger partial charge in [0.2, 0.25) is 0 Å². The lowest BCUT2D eigenvalue weighted by Crippen LogP contribution is -2.19. The van der Waals surface area contributed by atoms with Crippen molar-refractivity contribution in [3.63, 3.8) is 0 Å². The summed E-state index contributed by atoms with van der Waals surface area (Å²) in [6, 6.07) is 4.01. The van der Waals surface area contributed by atoms with Crippen LogP contribution in [0.4, 0.5) is 0 Å². The van der Waals surface area contributed by atoms with Gasteiger partial charge in [0.15, 0.2) is 0 Å². The smallest absolute Gasteiger partial charge is 0.306 e. The molecule has 0 saturated heterocycles. The van der Waals surface area contributed by atoms with Crippen molar-refractivity contribution in [1.29, 1.82) is 0 Å². The van der Waals surface area contributed by atoms with E-state index < -0.39 is 0 Å². The van der Waals surface area contributed by atoms with Gasteiger partial charge >= 0.3 is 5.97 Å². The Hall–Kier alpha value is -1.07. The zero-order chi connectivity index (χ0) is 14.1. The topological polar surface area (TPSA) is 51.2 Å². The van der Waals surface area contributed by atoms with Crippen LogP contribution in [0.3, 0.4) is 0 Å². The average molecular weight is 282 g/mol. The third-order valence-corrected chi connectivity index (χ3v) is 3.54. The van der Waals surface area contributed by atoms with Crippen LogP contribution in [0.1, 0.15) is 25.8 Å². The molecule has 0 bridgehead atoms. The Bertz CT molecular complexity index is 397. The third-order valence-electron chi connectivity index (χ3n) is 2.49. The van der Waals surface area contributed by atoms with Gasteiger partial charge in [-0.15, -0.1) is 11.8 Å². The van der Waals surface area contributed by atoms with E-state index in [1.54, 1.807) is 18.0 Å². The van der Waals surface area contributed by atoms with Gasteiger partial charge in [-0.2, -0.15) is 0 Å². The second kappa shape index (κ2) is 8.93. The predicted octanol–water partition coefficient (Wildman–Crippen LogP) is 2.48. The summed E-state index contributed by atoms with van der Waals surface area (Å²) in [6.07, 6.45) is 2.20. The van der Waals surface area contributed by atoms with Crippen molar-refractivity contribution < 1.29 is 9.53 Å². The fourth-order valence-electron chi connectivity index (χ4n) is 1.52. The van der Waals surface area contributed by atoms with Gasteiger partial charge in [-0.3, -0.25) is 4.79 Å². The van der Waals surface area contributed by atoms with Crippen LogP contribution < -0.4 is 5.32 Å². The van der Waals surface area contributed by atoms with E-state index in [1.807, 2.05) is 6.07 Å². The summed E-state index contributed by atoms with van der Waals surface area (Å²) in [5.41, 5.74) is 1.18. The molecule has 1 heterocycles. The lowest BCUT2D eigenvalue weighted by atomic mass is 10.2. The molecule has 0 aliphatic carbocycles. The van der Waals surface area contributed by atoms with E-state index in [9.17, 15) is 4.79 Å². The fraction of sp³-hybridized carbons (Fsp3) is 0.571. The largest absolute Gasteiger partial charge is 0.469 e. The number of nitrogens with one attached hydrogen (secondary N) is 1. The highest BCUT2D eigenvalue weighted by molar-refractivity contribution is 7.99. The van der Waals surface area contributed by atoms with Gasteiger partial charge in [-0.1, -0.05) is 19.9 Å². The molecule has 0 aromatic carbocycles. The Kier molecular flexibility index (Phi) is 7.52. The number of carbonyl (C=O) groups excluding carboxylic acids is 1. The summed E-state index contributed by atoms with van der Waals surface area (Å²) in [5.74, 6) is 1.15. The molecule has 0 radical (unpaired) electrons. The molecule has 19 heavy (non-hydrogen) atoms. The van der Waals surface area contributed by atoms with Crippen LogP contribution in [0, 0.1) is 5.92 Å². The summed E-state index contributed by atoms with van der Waals surface area (Å²) < 4.78 is 4.62. The SMILES string of the molecule is COC(=O)CCSc1ncccc1CNCC(C)C. The number of thioether (sulfide) groups is 1. The highest BCUT2D eigenvalue weighted by Gasteiger charge is 2.06. The molecule has 1 N–H and O–H groups in total. The Balaban J connectivity index is 2.46. The van der Waals surface area contributed by atoms with Crippen LogP contribution in [0.5, 0.6) is 0 Å². The molecule has 0 spiro atoms. The number of ether oxygens (including phenoxy) is 1. The van der Waals surface area contributed by atoms with Gasteiger partial charge in [0.1, 0.15) is 5.03 Å². The van der Waals surface area contributed by atoms with E-state index >= 15 is 0 Å². The van der Waals surface area contributed by atoms with Gasteiger partial charge in [-0.25, -0.2) is 4.98 Å². The second-order valence-electron chi connectivity index (χ2n) is 4.67. The number of esters is 1. The van der Waals surface area contributed by atoms with E-state index in [0.29, 0.717) is 18.1 Å². The number of aromatic nitrogens is 1. The highest BCUT2D eigenvalue weighted by atomic mass is 32.2. The maximum atomic E-state index is 11.1. The van der Waals surface area contributed by atoms with Crippen LogP contribution in [0.2, 0.25) is 0 Å². The number of carbonyl (C=O) groups is 1. The van der Waals surface area contributed by atoms with Crippen LogP contribution in [0.25, 0.3) is 0 Å². The van der Waals surface area contributed by atoms with Crippen molar-refractivity contribution >= 4 is 17.7 Å². The lowest BCUT2D eigenvalue weighted by Gasteiger charge is -2.10. The molecular formula is C14H22N2O2S. The normalized spacial score (nSPS) is 10.7. The standard InChI is InChI=1S/C14H22N2O2S/c1-11(2)9-15-10-12-5-4-7-16-14(12)19-8-6-13(17)18-3/h4-5,7,11,15H,6,8-10H2,1-3H3. The van der Waals surface area contributed by atoms with E-state index in [-0.39, 0.29) is 5.97 Å². The molecule has 106 valence electrons. The number of rotatable bonds is 8. The summed E-state index contributed by atoms with van der Waals surface area (Å²) >= 11 is 1.60. The Morgan fingerprint density at radius 3 is 3.00 bits per heavy atom. The van der Waals surface area contributed by atoms with Crippen LogP contribution in [0.15, 0.2) is 23.4 Å². The van der Waals surface area contributed by atoms with E-state index in [4.69, 9.17) is 0 Å². The molecule has 0 unspecified atom stereocenters. The Morgan fingerprint density at radius 2 is 2.32 bits per heavy atom. The van der Waals surface area contributed by atoms with Crippen molar-refractivity contribution in [2.24, 2.45) is 5.92 Å². The van der Waals surface area contributed by atoms with Gasteiger partial charge in [0.05, 0.1) is 13.5 Å². The van der Waals surface area contributed by atoms with Crippen LogP contribution in [-0.2, 0) is 16.1 Å². The van der Waals surface area contributed by atoms with Gasteiger partial charge in [0, 0.05) is 18.5 Å². The number of methoxy groups -OCH3 is 1. The lowest BCUT2D eigenvalue weighted by molar-refractivity contribution is -0.140. The molecule has 0 saturated carbocycles. The van der Waals surface area contributed by atoms with Crippen LogP contribution in [-0.4, -0.2) is 30.4 Å². The number of pyridine rings is 1. The van der Waals surface area contributed by atoms with Gasteiger partial charge in [0.25, 0.3) is 0 Å². The first-order valence-corrected chi connectivity index (χ1v) is 7.46. The summed E-state index contributed by atoms with van der Waals surface area (Å²) in [4.78, 5) is 15.4. The Morgan fingerprint density at radius 1 is 1.53 bits per heavy atom. The monoisotopic (exact) mass is 282 g/mol. The summed E-state index contributed by atoms with van der Waals surface area (Å²) in [5, 5.41) is 4.40. The molecule has 1 rings (SSSR count). The van der Waals surface area contributed by atoms with Crippen molar-refractivity contribution in [2.45, 2.75) is 31.8 Å². The predicted molar refractivity (Wildman–Crippen MR) is 78.1 cm³/mol. The molecule has 4 nitrogen and oxygen atoms in total. The molecule has 0 amide bonds. The molecule has 1 aromatic heterocycles. The maximum absolute atomic E-state index is 11.1. The fourth-order valence-corrected chi connectivity index (χ4v) is 2.44. The first kappa shape index (κ1) is 16.0. The second-order valence-corrected chi connectivity index (χ2v) is 5.75. The molecule has 1 aromatic rings. The first-order chi connectivity index (χ1) is 9.13. The van der Waals surface area contributed by atoms with E-state index in [0.717, 1.165) is 18.1 Å². The number of hydrogen-bond donors (Lipinski definition) is 1. The number of nitrogens with zero attached hydrogens (tertiary/aromatic N) is 1. The minimum Gasteiger partial charge on any atom is -0.469 e. The van der Waals surface area contributed by atoms with Crippen LogP contribution >= 0.6 is 11.8 Å². The summed E-state index contributed by atoms with van der Waals surface area (Å²) in [6.45, 7) is 6.16. The zero-order valence-electron chi connectivity index (χ0n) is 11.8. The summed E-state index contributed by atoms with van der Waals surface area (Å²) in [7, 11) is 1.41. The molecule has 0 fully saturated rings. The minimum atomic E-state index is -0.178. The Labute approximate surface area is 119 Å². The average Bonchev–Trinajstić information content (AvgIpc) is 2.40. The molecular weight excluding hydrogens is 260 g/mol. The van der Waals surface area contributed by atoms with Crippen molar-refractivity contribution in [3.05, 3.63) is 23.9 Å². The molecule has 0 atom stereocenters. The minimum absolute atomic E-state index is 0.178. The molecule has 0 aliphatic heterocycles. The van der Waals surface area contributed by atoms with Gasteiger partial charge < -0.3 is 10.1 Å². The maximum Gasteiger partial charge on any atom is 0.306 e. The zero-order valence-corrected chi connectivity index (χ0v) is 12.6. The highest BCUT2D eigenvalue weighted by Crippen LogP contribution is 2.20. The molecule has 5 heteroatoms. The van der Waals surface area contributed by atoms with Crippen molar-refractivity contribution in [2.75, 3.05) is 19.4 Å². The quantitative estimate of drug-likeness (QED) is 0.586. The van der Waals surface area contributed by atoms with Crippen molar-refractivity contribution in [1.82, 2.24) is 10.3 Å². The van der Waals surface area contributed by atoms with Gasteiger partial charge in [-0.05, 0) is 24.1 Å². The molecule has 0 aliphatic rings.